The fraction of sp³-hybridized carbons (Fsp3) is 0.463. The van der Waals surface area contributed by atoms with Gasteiger partial charge in [0.25, 0.3) is 0 Å². The predicted octanol–water partition coefficient (Wildman–Crippen LogP) is 4.91. The van der Waals surface area contributed by atoms with Crippen molar-refractivity contribution < 1.29 is 24.2 Å². The number of rotatable bonds is 12. The van der Waals surface area contributed by atoms with Gasteiger partial charge in [-0.3, -0.25) is 24.4 Å². The van der Waals surface area contributed by atoms with Gasteiger partial charge >= 0.3 is 0 Å². The Morgan fingerprint density at radius 3 is 2.49 bits per heavy atom. The fourth-order valence-electron chi connectivity index (χ4n) is 7.50. The number of amides is 2. The van der Waals surface area contributed by atoms with E-state index in [4.69, 9.17) is 16.0 Å². The van der Waals surface area contributed by atoms with Crippen LogP contribution in [0.25, 0.3) is 11.3 Å². The summed E-state index contributed by atoms with van der Waals surface area (Å²) in [4.78, 5) is 40.9. The first-order valence-electron chi connectivity index (χ1n) is 18.3. The van der Waals surface area contributed by atoms with Crippen LogP contribution in [0.15, 0.2) is 83.7 Å². The van der Waals surface area contributed by atoms with E-state index in [1.54, 1.807) is 24.7 Å². The van der Waals surface area contributed by atoms with Crippen molar-refractivity contribution in [1.29, 1.82) is 0 Å². The summed E-state index contributed by atoms with van der Waals surface area (Å²) < 4.78 is 6.24. The van der Waals surface area contributed by atoms with Crippen LogP contribution < -0.4 is 10.6 Å². The SMILES string of the molecule is CC(C)(C)NC(=O)[C@@H]1CN(C(C)(C)c2ncc(-c3cncc(Cl)c3)o2)CCN1C[C@@H](O)C[C@@H](Cc1ccccc1)C(=O)N[C@H]1c2ccccc2C[C@H]1O. The second-order valence-electron chi connectivity index (χ2n) is 15.9. The number of pyridine rings is 1. The molecule has 4 N–H and O–H groups in total. The summed E-state index contributed by atoms with van der Waals surface area (Å²) in [6, 6.07) is 18.2. The van der Waals surface area contributed by atoms with Crippen molar-refractivity contribution in [1.82, 2.24) is 30.4 Å². The molecule has 0 radical (unpaired) electrons. The zero-order valence-electron chi connectivity index (χ0n) is 31.1. The van der Waals surface area contributed by atoms with Crippen molar-refractivity contribution in [3.63, 3.8) is 0 Å². The van der Waals surface area contributed by atoms with E-state index in [0.29, 0.717) is 49.1 Å². The number of benzene rings is 2. The van der Waals surface area contributed by atoms with E-state index >= 15 is 0 Å². The maximum atomic E-state index is 14.0. The number of hydrogen-bond acceptors (Lipinski definition) is 9. The molecule has 1 aliphatic heterocycles. The molecule has 1 saturated heterocycles. The molecule has 1 fully saturated rings. The van der Waals surface area contributed by atoms with Crippen LogP contribution in [0.4, 0.5) is 0 Å². The third-order valence-corrected chi connectivity index (χ3v) is 10.5. The van der Waals surface area contributed by atoms with Crippen LogP contribution in [0.2, 0.25) is 5.02 Å². The third-order valence-electron chi connectivity index (χ3n) is 10.3. The Kier molecular flexibility index (Phi) is 11.7. The van der Waals surface area contributed by atoms with Crippen LogP contribution in [-0.2, 0) is 28.0 Å². The van der Waals surface area contributed by atoms with Gasteiger partial charge in [0.15, 0.2) is 5.76 Å². The molecule has 2 amide bonds. The molecule has 2 aliphatic rings. The van der Waals surface area contributed by atoms with Gasteiger partial charge in [0.1, 0.15) is 6.04 Å². The van der Waals surface area contributed by atoms with Gasteiger partial charge in [0.05, 0.1) is 35.0 Å². The van der Waals surface area contributed by atoms with Gasteiger partial charge in [0.2, 0.25) is 17.7 Å². The normalized spacial score (nSPS) is 20.8. The number of nitrogens with one attached hydrogen (secondary N) is 2. The quantitative estimate of drug-likeness (QED) is 0.159. The van der Waals surface area contributed by atoms with Crippen molar-refractivity contribution in [2.24, 2.45) is 5.92 Å². The summed E-state index contributed by atoms with van der Waals surface area (Å²) >= 11 is 6.17. The number of carbonyl (C=O) groups is 2. The number of β-amino-alcohol motifs (C(OH)–C–C–N with tert-alkyl or cyclic N) is 1. The molecule has 3 heterocycles. The van der Waals surface area contributed by atoms with E-state index < -0.39 is 41.3 Å². The topological polar surface area (TPSA) is 144 Å². The van der Waals surface area contributed by atoms with Gasteiger partial charge in [-0.05, 0) is 70.2 Å². The van der Waals surface area contributed by atoms with Gasteiger partial charge < -0.3 is 25.3 Å². The minimum absolute atomic E-state index is 0.143. The van der Waals surface area contributed by atoms with Crippen LogP contribution >= 0.6 is 11.6 Å². The van der Waals surface area contributed by atoms with Crippen LogP contribution in [0.3, 0.4) is 0 Å². The smallest absolute Gasteiger partial charge is 0.239 e. The van der Waals surface area contributed by atoms with Crippen molar-refractivity contribution >= 4 is 23.4 Å². The maximum absolute atomic E-state index is 14.0. The molecule has 5 atom stereocenters. The van der Waals surface area contributed by atoms with E-state index in [9.17, 15) is 19.8 Å². The molecule has 282 valence electrons. The number of hydrogen-bond donors (Lipinski definition) is 4. The van der Waals surface area contributed by atoms with Gasteiger partial charge in [-0.1, -0.05) is 66.2 Å². The third kappa shape index (κ3) is 9.34. The molecule has 0 spiro atoms. The monoisotopic (exact) mass is 742 g/mol. The summed E-state index contributed by atoms with van der Waals surface area (Å²) in [6.45, 7) is 11.5. The molecular weight excluding hydrogens is 692 g/mol. The first-order chi connectivity index (χ1) is 25.2. The minimum Gasteiger partial charge on any atom is -0.439 e. The molecule has 11 nitrogen and oxygen atoms in total. The Balaban J connectivity index is 1.18. The lowest BCUT2D eigenvalue weighted by Crippen LogP contribution is -2.64. The van der Waals surface area contributed by atoms with Crippen LogP contribution in [0, 0.1) is 5.92 Å². The zero-order valence-corrected chi connectivity index (χ0v) is 31.9. The van der Waals surface area contributed by atoms with E-state index in [1.165, 1.54) is 0 Å². The highest BCUT2D eigenvalue weighted by Crippen LogP contribution is 2.34. The first kappa shape index (κ1) is 38.6. The molecule has 0 saturated carbocycles. The minimum atomic E-state index is -0.902. The summed E-state index contributed by atoms with van der Waals surface area (Å²) in [5, 5.41) is 29.3. The van der Waals surface area contributed by atoms with Crippen LogP contribution in [0.5, 0.6) is 0 Å². The predicted molar refractivity (Wildman–Crippen MR) is 204 cm³/mol. The first-order valence-corrected chi connectivity index (χ1v) is 18.7. The summed E-state index contributed by atoms with van der Waals surface area (Å²) in [5.74, 6) is 0.119. The Bertz CT molecular complexity index is 1880. The Morgan fingerprint density at radius 1 is 1.02 bits per heavy atom. The molecule has 4 aromatic rings. The molecule has 2 aromatic carbocycles. The average molecular weight is 743 g/mol. The second kappa shape index (κ2) is 16.1. The largest absolute Gasteiger partial charge is 0.439 e. The standard InChI is InChI=1S/C41H51ClN6O5/c1-40(2,3)46-38(52)33-25-48(41(4,5)39-44-23-35(53-39)29-18-30(42)22-43-21-29)16-15-47(33)24-31(49)19-28(17-26-11-7-6-8-12-26)37(51)45-36-32-14-10-9-13-27(32)20-34(36)50/h6-14,18,21-23,28,31,33-34,36,49-50H,15-17,19-20,24-25H2,1-5H3,(H,45,51)(H,46,52)/t28-,31+,33+,34-,36+/m1/s1. The molecule has 0 unspecified atom stereocenters. The number of nitrogens with zero attached hydrogens (tertiary/aromatic N) is 4. The zero-order chi connectivity index (χ0) is 37.9. The maximum Gasteiger partial charge on any atom is 0.239 e. The average Bonchev–Trinajstić information content (AvgIpc) is 3.73. The number of aromatic nitrogens is 2. The van der Waals surface area contributed by atoms with Crippen LogP contribution in [-0.4, -0.2) is 91.8 Å². The van der Waals surface area contributed by atoms with Crippen molar-refractivity contribution in [2.75, 3.05) is 26.2 Å². The van der Waals surface area contributed by atoms with Crippen LogP contribution in [0.1, 0.15) is 69.7 Å². The van der Waals surface area contributed by atoms with E-state index in [0.717, 1.165) is 22.3 Å². The summed E-state index contributed by atoms with van der Waals surface area (Å²) in [6.07, 6.45) is 4.35. The summed E-state index contributed by atoms with van der Waals surface area (Å²) in [7, 11) is 0. The lowest BCUT2D eigenvalue weighted by atomic mass is 9.91. The second-order valence-corrected chi connectivity index (χ2v) is 16.3. The molecule has 1 aliphatic carbocycles. The van der Waals surface area contributed by atoms with Gasteiger partial charge in [0, 0.05) is 62.0 Å². The number of piperazine rings is 1. The van der Waals surface area contributed by atoms with E-state index in [1.807, 2.05) is 94.1 Å². The molecule has 53 heavy (non-hydrogen) atoms. The highest BCUT2D eigenvalue weighted by atomic mass is 35.5. The number of aliphatic hydroxyl groups excluding tert-OH is 2. The van der Waals surface area contributed by atoms with Gasteiger partial charge in [-0.25, -0.2) is 4.98 Å². The Morgan fingerprint density at radius 2 is 1.75 bits per heavy atom. The Hall–Kier alpha value is -4.13. The summed E-state index contributed by atoms with van der Waals surface area (Å²) in [5.41, 5.74) is 2.50. The van der Waals surface area contributed by atoms with Gasteiger partial charge in [-0.15, -0.1) is 0 Å². The lowest BCUT2D eigenvalue weighted by Gasteiger charge is -2.47. The number of fused-ring (bicyclic) bond motifs is 1. The van der Waals surface area contributed by atoms with Gasteiger partial charge in [-0.2, -0.15) is 0 Å². The molecular formula is C41H51ClN6O5. The highest BCUT2D eigenvalue weighted by Gasteiger charge is 2.43. The van der Waals surface area contributed by atoms with E-state index in [-0.39, 0.29) is 24.8 Å². The number of halogens is 1. The fourth-order valence-corrected chi connectivity index (χ4v) is 7.67. The number of oxazole rings is 1. The van der Waals surface area contributed by atoms with E-state index in [2.05, 4.69) is 25.5 Å². The van der Waals surface area contributed by atoms with Crippen molar-refractivity contribution in [2.45, 2.75) is 89.3 Å². The van der Waals surface area contributed by atoms with Crippen molar-refractivity contribution in [3.8, 4) is 11.3 Å². The molecule has 0 bridgehead atoms. The molecule has 12 heteroatoms. The lowest BCUT2D eigenvalue weighted by molar-refractivity contribution is -0.134. The van der Waals surface area contributed by atoms with Crippen molar-refractivity contribution in [3.05, 3.63) is 107 Å². The molecule has 6 rings (SSSR count). The molecule has 2 aromatic heterocycles. The number of aliphatic hydroxyl groups is 2. The Labute approximate surface area is 316 Å². The highest BCUT2D eigenvalue weighted by molar-refractivity contribution is 6.30. The number of carbonyl (C=O) groups excluding carboxylic acids is 2.